The number of ether oxygens (including phenoxy) is 1. The highest BCUT2D eigenvalue weighted by Gasteiger charge is 2.18. The van der Waals surface area contributed by atoms with Gasteiger partial charge in [0.1, 0.15) is 0 Å². The molecule has 0 aromatic rings. The Morgan fingerprint density at radius 1 is 1.43 bits per heavy atom. The van der Waals surface area contributed by atoms with E-state index in [9.17, 15) is 9.59 Å². The van der Waals surface area contributed by atoms with Gasteiger partial charge >= 0.3 is 5.97 Å². The summed E-state index contributed by atoms with van der Waals surface area (Å²) >= 11 is 0. The second-order valence-corrected chi connectivity index (χ2v) is 3.94. The molecule has 0 saturated carbocycles. The van der Waals surface area contributed by atoms with E-state index >= 15 is 0 Å². The number of rotatable bonds is 4. The van der Waals surface area contributed by atoms with Gasteiger partial charge in [0.2, 0.25) is 11.9 Å². The summed E-state index contributed by atoms with van der Waals surface area (Å²) in [6.07, 6.45) is 6.29. The Hall–Kier alpha value is -2.48. The van der Waals surface area contributed by atoms with Crippen LogP contribution in [0, 0.1) is 0 Å². The summed E-state index contributed by atoms with van der Waals surface area (Å²) in [5.41, 5.74) is 13.9. The molecule has 1 rings (SSSR count). The Morgan fingerprint density at radius 3 is 2.62 bits per heavy atom. The van der Waals surface area contributed by atoms with Crippen molar-refractivity contribution < 1.29 is 14.3 Å². The van der Waals surface area contributed by atoms with E-state index in [1.165, 1.54) is 20.2 Å². The molecule has 0 saturated heterocycles. The van der Waals surface area contributed by atoms with Gasteiger partial charge in [0.15, 0.2) is 0 Å². The standard InChI is InChI=1S/C12H17N5O3.ClH/c1-7(18)16-10-4-3-8(11(19)20-2)5-9(10)6-15-17-12(13)14;/h3-6,10,15H,1-2H3,(H,16,18)(H4,13,14,17);1H. The Labute approximate surface area is 128 Å². The quantitative estimate of drug-likeness (QED) is 0.233. The number of amides is 1. The Kier molecular flexibility index (Phi) is 7.62. The van der Waals surface area contributed by atoms with E-state index in [-0.39, 0.29) is 30.3 Å². The highest BCUT2D eigenvalue weighted by atomic mass is 35.5. The average Bonchev–Trinajstić information content (AvgIpc) is 2.38. The highest BCUT2D eigenvalue weighted by molar-refractivity contribution is 5.93. The van der Waals surface area contributed by atoms with E-state index in [0.29, 0.717) is 11.1 Å². The number of carbonyl (C=O) groups is 2. The highest BCUT2D eigenvalue weighted by Crippen LogP contribution is 2.17. The first-order chi connectivity index (χ1) is 9.43. The molecule has 1 aliphatic carbocycles. The molecular formula is C12H18ClN5O3. The number of methoxy groups -OCH3 is 1. The molecule has 9 heteroatoms. The van der Waals surface area contributed by atoms with Gasteiger partial charge in [-0.05, 0) is 17.7 Å². The smallest absolute Gasteiger partial charge is 0.337 e. The maximum absolute atomic E-state index is 11.5. The molecule has 1 atom stereocenters. The number of halogens is 1. The summed E-state index contributed by atoms with van der Waals surface area (Å²) in [5, 5.41) is 6.29. The summed E-state index contributed by atoms with van der Waals surface area (Å²) in [6.45, 7) is 1.40. The Balaban J connectivity index is 0.00000400. The molecular weight excluding hydrogens is 298 g/mol. The molecule has 0 radical (unpaired) electrons. The van der Waals surface area contributed by atoms with Crippen molar-refractivity contribution in [1.29, 1.82) is 0 Å². The molecule has 1 aliphatic rings. The first-order valence-electron chi connectivity index (χ1n) is 5.73. The fourth-order valence-corrected chi connectivity index (χ4v) is 1.54. The molecule has 0 fully saturated rings. The van der Waals surface area contributed by atoms with Crippen LogP contribution in [0.4, 0.5) is 0 Å². The van der Waals surface area contributed by atoms with Crippen LogP contribution in [0.3, 0.4) is 0 Å². The van der Waals surface area contributed by atoms with E-state index in [1.54, 1.807) is 18.2 Å². The lowest BCUT2D eigenvalue weighted by Crippen LogP contribution is -2.34. The van der Waals surface area contributed by atoms with Crippen molar-refractivity contribution >= 4 is 30.2 Å². The fraction of sp³-hybridized carbons (Fsp3) is 0.250. The third-order valence-corrected chi connectivity index (χ3v) is 2.35. The molecule has 21 heavy (non-hydrogen) atoms. The zero-order valence-electron chi connectivity index (χ0n) is 11.6. The lowest BCUT2D eigenvalue weighted by molar-refractivity contribution is -0.135. The Morgan fingerprint density at radius 2 is 2.10 bits per heavy atom. The van der Waals surface area contributed by atoms with Crippen LogP contribution in [-0.2, 0) is 14.3 Å². The largest absolute Gasteiger partial charge is 0.465 e. The first-order valence-corrected chi connectivity index (χ1v) is 5.73. The van der Waals surface area contributed by atoms with Crippen LogP contribution in [-0.4, -0.2) is 31.0 Å². The van der Waals surface area contributed by atoms with Crippen LogP contribution in [0.2, 0.25) is 0 Å². The number of nitrogens with zero attached hydrogens (tertiary/aromatic N) is 1. The second kappa shape index (κ2) is 8.64. The molecule has 0 aliphatic heterocycles. The molecule has 0 spiro atoms. The van der Waals surface area contributed by atoms with Crippen LogP contribution in [0.15, 0.2) is 40.7 Å². The normalized spacial score (nSPS) is 18.1. The van der Waals surface area contributed by atoms with Crippen molar-refractivity contribution in [2.75, 3.05) is 7.11 Å². The van der Waals surface area contributed by atoms with Crippen LogP contribution < -0.4 is 22.2 Å². The minimum absolute atomic E-state index is 0. The van der Waals surface area contributed by atoms with Gasteiger partial charge in [-0.1, -0.05) is 6.08 Å². The summed E-state index contributed by atoms with van der Waals surface area (Å²) in [4.78, 5) is 22.6. The van der Waals surface area contributed by atoms with Crippen LogP contribution in [0.1, 0.15) is 6.92 Å². The second-order valence-electron chi connectivity index (χ2n) is 3.94. The number of nitrogens with two attached hydrogens (primary N) is 2. The van der Waals surface area contributed by atoms with Crippen molar-refractivity contribution in [3.05, 3.63) is 35.6 Å². The molecule has 0 heterocycles. The van der Waals surface area contributed by atoms with Gasteiger partial charge in [0, 0.05) is 13.1 Å². The minimum atomic E-state index is -0.477. The predicted octanol–water partition coefficient (Wildman–Crippen LogP) is -0.756. The molecule has 0 aromatic carbocycles. The van der Waals surface area contributed by atoms with Crippen molar-refractivity contribution in [2.45, 2.75) is 13.0 Å². The minimum Gasteiger partial charge on any atom is -0.465 e. The van der Waals surface area contributed by atoms with Gasteiger partial charge in [-0.2, -0.15) is 0 Å². The van der Waals surface area contributed by atoms with Crippen molar-refractivity contribution in [2.24, 2.45) is 16.6 Å². The van der Waals surface area contributed by atoms with Crippen molar-refractivity contribution in [3.63, 3.8) is 0 Å². The van der Waals surface area contributed by atoms with Crippen molar-refractivity contribution in [3.8, 4) is 0 Å². The summed E-state index contributed by atoms with van der Waals surface area (Å²) in [5.74, 6) is -0.820. The zero-order valence-corrected chi connectivity index (χ0v) is 12.4. The molecule has 8 nitrogen and oxygen atoms in total. The first kappa shape index (κ1) is 18.5. The SMILES string of the molecule is COC(=O)C1=CC(=CNN=C(N)N)C(NC(C)=O)C=C1.Cl. The van der Waals surface area contributed by atoms with Crippen LogP contribution in [0.25, 0.3) is 0 Å². The summed E-state index contributed by atoms with van der Waals surface area (Å²) < 4.78 is 4.64. The molecule has 1 unspecified atom stereocenters. The Bertz CT molecular complexity index is 521. The molecule has 6 N–H and O–H groups in total. The maximum Gasteiger partial charge on any atom is 0.337 e. The number of esters is 1. The number of hydrogen-bond acceptors (Lipinski definition) is 5. The maximum atomic E-state index is 11.5. The molecule has 116 valence electrons. The third-order valence-electron chi connectivity index (χ3n) is 2.35. The molecule has 1 amide bonds. The van der Waals surface area contributed by atoms with E-state index in [2.05, 4.69) is 20.6 Å². The number of hydrazone groups is 1. The average molecular weight is 316 g/mol. The predicted molar refractivity (Wildman–Crippen MR) is 81.1 cm³/mol. The summed E-state index contributed by atoms with van der Waals surface area (Å²) in [6, 6.07) is -0.386. The van der Waals surface area contributed by atoms with E-state index in [0.717, 1.165) is 0 Å². The molecule has 0 aromatic heterocycles. The number of hydrogen-bond donors (Lipinski definition) is 4. The van der Waals surface area contributed by atoms with Gasteiger partial charge in [-0.25, -0.2) is 4.79 Å². The van der Waals surface area contributed by atoms with Gasteiger partial charge < -0.3 is 21.5 Å². The van der Waals surface area contributed by atoms with Crippen molar-refractivity contribution in [1.82, 2.24) is 10.7 Å². The van der Waals surface area contributed by atoms with Gasteiger partial charge in [0.25, 0.3) is 0 Å². The lowest BCUT2D eigenvalue weighted by atomic mass is 9.98. The van der Waals surface area contributed by atoms with E-state index in [1.807, 2.05) is 0 Å². The zero-order chi connectivity index (χ0) is 15.1. The van der Waals surface area contributed by atoms with Crippen LogP contribution in [0.5, 0.6) is 0 Å². The number of carbonyl (C=O) groups excluding carboxylic acids is 2. The fourth-order valence-electron chi connectivity index (χ4n) is 1.54. The number of guanidine groups is 1. The van der Waals surface area contributed by atoms with Gasteiger partial charge in [-0.3, -0.25) is 10.2 Å². The van der Waals surface area contributed by atoms with Gasteiger partial charge in [-0.15, -0.1) is 17.5 Å². The van der Waals surface area contributed by atoms with Gasteiger partial charge in [0.05, 0.1) is 18.7 Å². The van der Waals surface area contributed by atoms with E-state index in [4.69, 9.17) is 11.5 Å². The monoisotopic (exact) mass is 315 g/mol. The topological polar surface area (TPSA) is 132 Å². The lowest BCUT2D eigenvalue weighted by Gasteiger charge is -2.19. The molecule has 0 bridgehead atoms. The number of nitrogens with one attached hydrogen (secondary N) is 2. The third kappa shape index (κ3) is 6.00. The van der Waals surface area contributed by atoms with Crippen LogP contribution >= 0.6 is 12.4 Å². The van der Waals surface area contributed by atoms with E-state index < -0.39 is 5.97 Å². The summed E-state index contributed by atoms with van der Waals surface area (Å²) in [7, 11) is 1.29.